The third-order valence-electron chi connectivity index (χ3n) is 2.48. The molecule has 0 amide bonds. The van der Waals surface area contributed by atoms with Gasteiger partial charge in [-0.15, -0.1) is 0 Å². The summed E-state index contributed by atoms with van der Waals surface area (Å²) in [5.41, 5.74) is 1.78. The van der Waals surface area contributed by atoms with Crippen LogP contribution in [0.5, 0.6) is 0 Å². The van der Waals surface area contributed by atoms with Crippen molar-refractivity contribution in [3.8, 4) is 0 Å². The second kappa shape index (κ2) is 5.31. The topological polar surface area (TPSA) is 41.6 Å². The molecule has 0 aromatic carbocycles. The van der Waals surface area contributed by atoms with Gasteiger partial charge in [0.2, 0.25) is 0 Å². The van der Waals surface area contributed by atoms with Gasteiger partial charge in [0.25, 0.3) is 0 Å². The summed E-state index contributed by atoms with van der Waals surface area (Å²) in [6, 6.07) is 0. The molecule has 0 bridgehead atoms. The predicted molar refractivity (Wildman–Crippen MR) is 74.8 cm³/mol. The first-order valence-electron chi connectivity index (χ1n) is 5.41. The largest absolute Gasteiger partial charge is 0.356 e. The summed E-state index contributed by atoms with van der Waals surface area (Å²) in [5, 5.41) is 0.527. The maximum atomic E-state index is 6.10. The fourth-order valence-corrected chi connectivity index (χ4v) is 2.41. The van der Waals surface area contributed by atoms with Gasteiger partial charge in [0.05, 0.1) is 3.57 Å². The van der Waals surface area contributed by atoms with Crippen LogP contribution in [0.25, 0.3) is 11.0 Å². The minimum Gasteiger partial charge on any atom is -0.356 e. The predicted octanol–water partition coefficient (Wildman–Crippen LogP) is 3.95. The van der Waals surface area contributed by atoms with Gasteiger partial charge in [-0.05, 0) is 29.0 Å². The number of H-pyrrole nitrogens is 1. The molecule has 0 fully saturated rings. The molecule has 0 saturated carbocycles. The zero-order chi connectivity index (χ0) is 11.5. The quantitative estimate of drug-likeness (QED) is 0.516. The van der Waals surface area contributed by atoms with Crippen LogP contribution < -0.4 is 0 Å². The van der Waals surface area contributed by atoms with Gasteiger partial charge in [-0.2, -0.15) is 0 Å². The molecule has 2 aromatic heterocycles. The van der Waals surface area contributed by atoms with Gasteiger partial charge in [0.15, 0.2) is 5.15 Å². The molecule has 2 rings (SSSR count). The maximum absolute atomic E-state index is 6.10. The van der Waals surface area contributed by atoms with E-state index in [1.54, 1.807) is 0 Å². The van der Waals surface area contributed by atoms with Gasteiger partial charge in [-0.3, -0.25) is 0 Å². The van der Waals surface area contributed by atoms with E-state index in [0.29, 0.717) is 5.15 Å². The standard InChI is InChI=1S/C11H13ClIN3/c1-2-3-4-5-8-15-9-7(13)6-14-10(9)11(12)16-8/h6,14H,2-5H2,1H3. The summed E-state index contributed by atoms with van der Waals surface area (Å²) in [6.45, 7) is 2.19. The minimum atomic E-state index is 0.527. The lowest BCUT2D eigenvalue weighted by Gasteiger charge is -2.01. The molecule has 16 heavy (non-hydrogen) atoms. The van der Waals surface area contributed by atoms with E-state index in [2.05, 4.69) is 44.5 Å². The molecule has 2 aromatic rings. The molecule has 0 saturated heterocycles. The number of halogens is 2. The van der Waals surface area contributed by atoms with Crippen molar-refractivity contribution in [1.29, 1.82) is 0 Å². The molecule has 3 nitrogen and oxygen atoms in total. The van der Waals surface area contributed by atoms with Crippen LogP contribution in [-0.4, -0.2) is 15.0 Å². The smallest absolute Gasteiger partial charge is 0.156 e. The van der Waals surface area contributed by atoms with Crippen LogP contribution in [0.1, 0.15) is 32.0 Å². The van der Waals surface area contributed by atoms with Crippen molar-refractivity contribution in [2.24, 2.45) is 0 Å². The van der Waals surface area contributed by atoms with E-state index < -0.39 is 0 Å². The number of unbranched alkanes of at least 4 members (excludes halogenated alkanes) is 2. The zero-order valence-electron chi connectivity index (χ0n) is 9.06. The summed E-state index contributed by atoms with van der Waals surface area (Å²) in [4.78, 5) is 11.9. The Morgan fingerprint density at radius 1 is 1.38 bits per heavy atom. The van der Waals surface area contributed by atoms with Gasteiger partial charge in [0.1, 0.15) is 16.9 Å². The molecule has 0 spiro atoms. The van der Waals surface area contributed by atoms with E-state index in [1.165, 1.54) is 12.8 Å². The van der Waals surface area contributed by atoms with E-state index in [1.807, 2.05) is 6.20 Å². The van der Waals surface area contributed by atoms with E-state index in [4.69, 9.17) is 11.6 Å². The second-order valence-corrected chi connectivity index (χ2v) is 5.27. The van der Waals surface area contributed by atoms with Crippen molar-refractivity contribution < 1.29 is 0 Å². The maximum Gasteiger partial charge on any atom is 0.156 e. The summed E-state index contributed by atoms with van der Waals surface area (Å²) in [7, 11) is 0. The lowest BCUT2D eigenvalue weighted by molar-refractivity contribution is 0.696. The number of rotatable bonds is 4. The van der Waals surface area contributed by atoms with Gasteiger partial charge >= 0.3 is 0 Å². The number of aromatic amines is 1. The van der Waals surface area contributed by atoms with Crippen molar-refractivity contribution in [3.05, 3.63) is 20.7 Å². The molecule has 0 aliphatic carbocycles. The summed E-state index contributed by atoms with van der Waals surface area (Å²) in [5.74, 6) is 0.850. The highest BCUT2D eigenvalue weighted by molar-refractivity contribution is 14.1. The lowest BCUT2D eigenvalue weighted by Crippen LogP contribution is -1.96. The van der Waals surface area contributed by atoms with Crippen molar-refractivity contribution in [2.45, 2.75) is 32.6 Å². The third kappa shape index (κ3) is 2.48. The monoisotopic (exact) mass is 349 g/mol. The highest BCUT2D eigenvalue weighted by atomic mass is 127. The molecule has 2 heterocycles. The average Bonchev–Trinajstić information content (AvgIpc) is 2.62. The highest BCUT2D eigenvalue weighted by Gasteiger charge is 2.09. The van der Waals surface area contributed by atoms with Gasteiger partial charge < -0.3 is 4.98 Å². The molecule has 0 radical (unpaired) electrons. The van der Waals surface area contributed by atoms with Crippen molar-refractivity contribution in [2.75, 3.05) is 0 Å². The number of fused-ring (bicyclic) bond motifs is 1. The van der Waals surface area contributed by atoms with Crippen LogP contribution in [0.15, 0.2) is 6.20 Å². The van der Waals surface area contributed by atoms with E-state index in [9.17, 15) is 0 Å². The summed E-state index contributed by atoms with van der Waals surface area (Å²) < 4.78 is 1.09. The molecule has 0 atom stereocenters. The molecule has 0 aliphatic heterocycles. The van der Waals surface area contributed by atoms with E-state index in [0.717, 1.165) is 33.3 Å². The minimum absolute atomic E-state index is 0.527. The molecule has 86 valence electrons. The molecular formula is C11H13ClIN3. The SMILES string of the molecule is CCCCCc1nc(Cl)c2[nH]cc(I)c2n1. The fourth-order valence-electron chi connectivity index (χ4n) is 1.63. The lowest BCUT2D eigenvalue weighted by atomic mass is 10.2. The number of hydrogen-bond acceptors (Lipinski definition) is 2. The Hall–Kier alpha value is -0.360. The Kier molecular flexibility index (Phi) is 4.02. The Morgan fingerprint density at radius 2 is 2.19 bits per heavy atom. The summed E-state index contributed by atoms with van der Waals surface area (Å²) >= 11 is 8.35. The summed E-state index contributed by atoms with van der Waals surface area (Å²) in [6.07, 6.45) is 6.35. The van der Waals surface area contributed by atoms with Crippen LogP contribution >= 0.6 is 34.2 Å². The first-order valence-corrected chi connectivity index (χ1v) is 6.87. The van der Waals surface area contributed by atoms with Crippen molar-refractivity contribution in [1.82, 2.24) is 15.0 Å². The fraction of sp³-hybridized carbons (Fsp3) is 0.455. The first kappa shape index (κ1) is 12.1. The number of aromatic nitrogens is 3. The molecule has 0 unspecified atom stereocenters. The molecule has 5 heteroatoms. The third-order valence-corrected chi connectivity index (χ3v) is 3.58. The number of nitrogens with zero attached hydrogens (tertiary/aromatic N) is 2. The van der Waals surface area contributed by atoms with Crippen molar-refractivity contribution in [3.63, 3.8) is 0 Å². The van der Waals surface area contributed by atoms with Gasteiger partial charge in [-0.25, -0.2) is 9.97 Å². The van der Waals surface area contributed by atoms with Crippen LogP contribution in [0.4, 0.5) is 0 Å². The Balaban J connectivity index is 2.29. The van der Waals surface area contributed by atoms with Crippen LogP contribution in [-0.2, 0) is 6.42 Å². The highest BCUT2D eigenvalue weighted by Crippen LogP contribution is 2.23. The molecular weight excluding hydrogens is 336 g/mol. The van der Waals surface area contributed by atoms with Gasteiger partial charge in [0, 0.05) is 12.6 Å². The van der Waals surface area contributed by atoms with Crippen molar-refractivity contribution >= 4 is 45.2 Å². The Bertz CT molecular complexity index is 495. The van der Waals surface area contributed by atoms with Crippen LogP contribution in [0.2, 0.25) is 5.15 Å². The molecule has 0 aliphatic rings. The average molecular weight is 350 g/mol. The second-order valence-electron chi connectivity index (χ2n) is 3.75. The Labute approximate surface area is 113 Å². The van der Waals surface area contributed by atoms with Gasteiger partial charge in [-0.1, -0.05) is 31.4 Å². The number of aryl methyl sites for hydroxylation is 1. The number of nitrogens with one attached hydrogen (secondary N) is 1. The van der Waals surface area contributed by atoms with E-state index in [-0.39, 0.29) is 0 Å². The number of hydrogen-bond donors (Lipinski definition) is 1. The first-order chi connectivity index (χ1) is 7.72. The Morgan fingerprint density at radius 3 is 2.94 bits per heavy atom. The van der Waals surface area contributed by atoms with Crippen LogP contribution in [0.3, 0.4) is 0 Å². The zero-order valence-corrected chi connectivity index (χ0v) is 12.0. The van der Waals surface area contributed by atoms with Crippen LogP contribution in [0, 0.1) is 3.57 Å². The van der Waals surface area contributed by atoms with E-state index >= 15 is 0 Å². The molecule has 1 N–H and O–H groups in total. The normalized spacial score (nSPS) is 11.2.